The zero-order valence-corrected chi connectivity index (χ0v) is 14.6. The van der Waals surface area contributed by atoms with Crippen LogP contribution in [0.15, 0.2) is 27.3 Å². The van der Waals surface area contributed by atoms with Gasteiger partial charge in [0.05, 0.1) is 0 Å². The van der Waals surface area contributed by atoms with Gasteiger partial charge >= 0.3 is 5.97 Å². The van der Waals surface area contributed by atoms with Crippen LogP contribution in [-0.4, -0.2) is 24.5 Å². The van der Waals surface area contributed by atoms with Gasteiger partial charge in [-0.1, -0.05) is 32.1 Å². The van der Waals surface area contributed by atoms with E-state index < -0.39 is 5.97 Å². The Hall–Kier alpha value is -1.56. The lowest BCUT2D eigenvalue weighted by Crippen LogP contribution is -2.37. The minimum Gasteiger partial charge on any atom is -0.452 e. The van der Waals surface area contributed by atoms with Gasteiger partial charge in [-0.15, -0.1) is 0 Å². The maximum Gasteiger partial charge on any atom is 0.331 e. The molecule has 23 heavy (non-hydrogen) atoms. The number of nitrogens with one attached hydrogen (secondary N) is 1. The fraction of sp³-hybridized carbons (Fsp3) is 0.529. The molecule has 1 fully saturated rings. The third-order valence-electron chi connectivity index (χ3n) is 3.79. The van der Waals surface area contributed by atoms with Gasteiger partial charge in [-0.25, -0.2) is 4.79 Å². The highest BCUT2D eigenvalue weighted by molar-refractivity contribution is 9.10. The second kappa shape index (κ2) is 9.55. The summed E-state index contributed by atoms with van der Waals surface area (Å²) in [6.45, 7) is -0.248. The highest BCUT2D eigenvalue weighted by Crippen LogP contribution is 2.17. The van der Waals surface area contributed by atoms with Crippen molar-refractivity contribution < 1.29 is 18.7 Å². The summed E-state index contributed by atoms with van der Waals surface area (Å²) in [6.07, 6.45) is 10.8. The van der Waals surface area contributed by atoms with E-state index in [9.17, 15) is 9.59 Å². The Morgan fingerprint density at radius 3 is 2.57 bits per heavy atom. The number of amides is 1. The summed E-state index contributed by atoms with van der Waals surface area (Å²) >= 11 is 3.18. The zero-order valence-electron chi connectivity index (χ0n) is 13.1. The lowest BCUT2D eigenvalue weighted by Gasteiger charge is -2.20. The van der Waals surface area contributed by atoms with Crippen LogP contribution in [0, 0.1) is 0 Å². The largest absolute Gasteiger partial charge is 0.452 e. The third-order valence-corrected chi connectivity index (χ3v) is 4.22. The average molecular weight is 384 g/mol. The maximum atomic E-state index is 11.9. The molecule has 1 N–H and O–H groups in total. The van der Waals surface area contributed by atoms with Crippen molar-refractivity contribution in [3.05, 3.63) is 28.6 Å². The number of furan rings is 1. The molecule has 1 aliphatic carbocycles. The Labute approximate surface area is 144 Å². The lowest BCUT2D eigenvalue weighted by molar-refractivity contribution is -0.144. The molecule has 0 saturated heterocycles. The van der Waals surface area contributed by atoms with Gasteiger partial charge in [0.1, 0.15) is 5.76 Å². The van der Waals surface area contributed by atoms with Crippen molar-refractivity contribution in [2.75, 3.05) is 6.61 Å². The first kappa shape index (κ1) is 17.8. The van der Waals surface area contributed by atoms with Crippen molar-refractivity contribution in [3.8, 4) is 0 Å². The van der Waals surface area contributed by atoms with E-state index in [-0.39, 0.29) is 18.6 Å². The fourth-order valence-electron chi connectivity index (χ4n) is 2.62. The van der Waals surface area contributed by atoms with E-state index in [2.05, 4.69) is 21.2 Å². The summed E-state index contributed by atoms with van der Waals surface area (Å²) in [5, 5.41) is 2.95. The molecule has 0 spiro atoms. The number of carbonyl (C=O) groups is 2. The van der Waals surface area contributed by atoms with E-state index in [1.807, 2.05) is 0 Å². The topological polar surface area (TPSA) is 68.5 Å². The molecule has 6 heteroatoms. The Morgan fingerprint density at radius 2 is 1.91 bits per heavy atom. The fourth-order valence-corrected chi connectivity index (χ4v) is 2.94. The molecule has 0 radical (unpaired) electrons. The number of carbonyl (C=O) groups excluding carboxylic acids is 2. The average Bonchev–Trinajstić information content (AvgIpc) is 2.91. The van der Waals surface area contributed by atoms with E-state index >= 15 is 0 Å². The molecular weight excluding hydrogens is 362 g/mol. The summed E-state index contributed by atoms with van der Waals surface area (Å²) in [5.74, 6) is -0.267. The van der Waals surface area contributed by atoms with Crippen LogP contribution in [0.2, 0.25) is 0 Å². The number of esters is 1. The summed E-state index contributed by atoms with van der Waals surface area (Å²) in [4.78, 5) is 23.4. The first-order valence-corrected chi connectivity index (χ1v) is 8.82. The van der Waals surface area contributed by atoms with Gasteiger partial charge in [-0.3, -0.25) is 4.79 Å². The van der Waals surface area contributed by atoms with Crippen LogP contribution in [0.4, 0.5) is 0 Å². The van der Waals surface area contributed by atoms with Crippen LogP contribution < -0.4 is 5.32 Å². The molecule has 0 unspecified atom stereocenters. The molecule has 0 aromatic carbocycles. The highest BCUT2D eigenvalue weighted by Gasteiger charge is 2.14. The third kappa shape index (κ3) is 7.03. The number of rotatable bonds is 5. The molecule has 1 aromatic rings. The highest BCUT2D eigenvalue weighted by atomic mass is 79.9. The predicted molar refractivity (Wildman–Crippen MR) is 90.7 cm³/mol. The number of ether oxygens (including phenoxy) is 1. The standard InChI is InChI=1S/C17H22BrNO4/c18-15-10-8-14(23-15)9-11-17(21)22-12-16(20)19-13-6-4-2-1-3-5-7-13/h8-11,13H,1-7,12H2,(H,19,20). The number of hydrogen-bond donors (Lipinski definition) is 1. The molecular formula is C17H22BrNO4. The van der Waals surface area contributed by atoms with Crippen molar-refractivity contribution >= 4 is 33.9 Å². The van der Waals surface area contributed by atoms with Crippen molar-refractivity contribution in [1.82, 2.24) is 5.32 Å². The summed E-state index contributed by atoms with van der Waals surface area (Å²) in [6, 6.07) is 3.65. The normalized spacial score (nSPS) is 16.7. The summed E-state index contributed by atoms with van der Waals surface area (Å²) in [7, 11) is 0. The molecule has 1 saturated carbocycles. The van der Waals surface area contributed by atoms with Gasteiger partial charge < -0.3 is 14.5 Å². The second-order valence-corrected chi connectivity index (χ2v) is 6.47. The smallest absolute Gasteiger partial charge is 0.331 e. The van der Waals surface area contributed by atoms with Gasteiger partial charge in [0, 0.05) is 12.1 Å². The van der Waals surface area contributed by atoms with Crippen LogP contribution in [0.5, 0.6) is 0 Å². The van der Waals surface area contributed by atoms with Crippen molar-refractivity contribution in [3.63, 3.8) is 0 Å². The number of halogens is 1. The Bertz CT molecular complexity index is 545. The van der Waals surface area contributed by atoms with Gasteiger partial charge in [0.15, 0.2) is 11.3 Å². The molecule has 1 amide bonds. The quantitative estimate of drug-likeness (QED) is 0.619. The maximum absolute atomic E-state index is 11.9. The Balaban J connectivity index is 1.68. The number of hydrogen-bond acceptors (Lipinski definition) is 4. The molecule has 126 valence electrons. The SMILES string of the molecule is O=C(COC(=O)C=Cc1ccc(Br)o1)NC1CCCCCCC1. The van der Waals surface area contributed by atoms with Gasteiger partial charge in [-0.05, 0) is 47.0 Å². The van der Waals surface area contributed by atoms with Crippen molar-refractivity contribution in [1.29, 1.82) is 0 Å². The van der Waals surface area contributed by atoms with Gasteiger partial charge in [0.2, 0.25) is 0 Å². The van der Waals surface area contributed by atoms with Crippen LogP contribution in [0.3, 0.4) is 0 Å². The van der Waals surface area contributed by atoms with Gasteiger partial charge in [0.25, 0.3) is 5.91 Å². The summed E-state index contributed by atoms with van der Waals surface area (Å²) in [5.41, 5.74) is 0. The van der Waals surface area contributed by atoms with Crippen LogP contribution >= 0.6 is 15.9 Å². The van der Waals surface area contributed by atoms with E-state index in [0.717, 1.165) is 25.7 Å². The molecule has 0 bridgehead atoms. The predicted octanol–water partition coefficient (Wildman–Crippen LogP) is 3.83. The summed E-state index contributed by atoms with van der Waals surface area (Å²) < 4.78 is 10.8. The monoisotopic (exact) mass is 383 g/mol. The molecule has 1 aromatic heterocycles. The molecule has 1 aliphatic rings. The van der Waals surface area contributed by atoms with Crippen LogP contribution in [0.1, 0.15) is 50.7 Å². The van der Waals surface area contributed by atoms with Gasteiger partial charge in [-0.2, -0.15) is 0 Å². The lowest BCUT2D eigenvalue weighted by atomic mass is 9.97. The van der Waals surface area contributed by atoms with Crippen molar-refractivity contribution in [2.24, 2.45) is 0 Å². The van der Waals surface area contributed by atoms with Crippen LogP contribution in [-0.2, 0) is 14.3 Å². The van der Waals surface area contributed by atoms with E-state index in [1.54, 1.807) is 12.1 Å². The van der Waals surface area contributed by atoms with Crippen molar-refractivity contribution in [2.45, 2.75) is 51.0 Å². The molecule has 5 nitrogen and oxygen atoms in total. The molecule has 0 aliphatic heterocycles. The zero-order chi connectivity index (χ0) is 16.5. The minimum atomic E-state index is -0.565. The Morgan fingerprint density at radius 1 is 1.22 bits per heavy atom. The molecule has 0 atom stereocenters. The Kier molecular flexibility index (Phi) is 7.39. The van der Waals surface area contributed by atoms with E-state index in [0.29, 0.717) is 10.4 Å². The first-order chi connectivity index (χ1) is 11.1. The first-order valence-electron chi connectivity index (χ1n) is 8.03. The molecule has 2 rings (SSSR count). The van der Waals surface area contributed by atoms with Crippen LogP contribution in [0.25, 0.3) is 6.08 Å². The minimum absolute atomic E-state index is 0.206. The molecule has 1 heterocycles. The second-order valence-electron chi connectivity index (χ2n) is 5.69. The van der Waals surface area contributed by atoms with E-state index in [4.69, 9.17) is 9.15 Å². The van der Waals surface area contributed by atoms with E-state index in [1.165, 1.54) is 31.4 Å².